The molecule has 2 rings (SSSR count). The molecule has 0 fully saturated rings. The molecule has 1 aliphatic carbocycles. The second-order valence-corrected chi connectivity index (χ2v) is 3.95. The summed E-state index contributed by atoms with van der Waals surface area (Å²) in [7, 11) is 0. The van der Waals surface area contributed by atoms with Crippen molar-refractivity contribution in [2.24, 2.45) is 5.73 Å². The van der Waals surface area contributed by atoms with Gasteiger partial charge in [-0.05, 0) is 48.9 Å². The number of rotatable bonds is 0. The predicted octanol–water partition coefficient (Wildman–Crippen LogP) is 1.83. The Labute approximate surface area is 78.9 Å². The minimum atomic E-state index is 0.230. The van der Waals surface area contributed by atoms with Crippen molar-refractivity contribution >= 4 is 5.69 Å². The Balaban J connectivity index is 2.67. The van der Waals surface area contributed by atoms with E-state index in [-0.39, 0.29) is 6.04 Å². The van der Waals surface area contributed by atoms with E-state index in [1.165, 1.54) is 16.7 Å². The Hall–Kier alpha value is -1.02. The first kappa shape index (κ1) is 8.57. The van der Waals surface area contributed by atoms with E-state index < -0.39 is 0 Å². The van der Waals surface area contributed by atoms with Crippen LogP contribution in [0.15, 0.2) is 6.07 Å². The van der Waals surface area contributed by atoms with Crippen molar-refractivity contribution in [3.05, 3.63) is 28.3 Å². The normalized spacial score (nSPS) is 20.4. The highest BCUT2D eigenvalue weighted by Crippen LogP contribution is 2.35. The smallest absolute Gasteiger partial charge is 0.0376 e. The molecular weight excluding hydrogens is 160 g/mol. The van der Waals surface area contributed by atoms with Gasteiger partial charge < -0.3 is 11.5 Å². The first-order valence-electron chi connectivity index (χ1n) is 4.75. The van der Waals surface area contributed by atoms with Crippen molar-refractivity contribution in [3.8, 4) is 0 Å². The Bertz CT molecular complexity index is 356. The molecule has 0 saturated heterocycles. The third-order valence-corrected chi connectivity index (χ3v) is 3.11. The van der Waals surface area contributed by atoms with Gasteiger partial charge in [-0.3, -0.25) is 0 Å². The van der Waals surface area contributed by atoms with E-state index in [2.05, 4.69) is 13.0 Å². The topological polar surface area (TPSA) is 52.0 Å². The summed E-state index contributed by atoms with van der Waals surface area (Å²) < 4.78 is 0. The molecule has 0 saturated carbocycles. The molecule has 0 aliphatic heterocycles. The van der Waals surface area contributed by atoms with E-state index in [0.29, 0.717) is 0 Å². The highest BCUT2D eigenvalue weighted by molar-refractivity contribution is 5.60. The van der Waals surface area contributed by atoms with Gasteiger partial charge in [-0.1, -0.05) is 6.07 Å². The van der Waals surface area contributed by atoms with Gasteiger partial charge in [-0.2, -0.15) is 0 Å². The molecule has 1 aliphatic rings. The molecule has 1 aromatic rings. The van der Waals surface area contributed by atoms with Crippen LogP contribution in [0.4, 0.5) is 5.69 Å². The van der Waals surface area contributed by atoms with Crippen LogP contribution in [0.5, 0.6) is 0 Å². The van der Waals surface area contributed by atoms with E-state index in [1.54, 1.807) is 0 Å². The molecule has 0 spiro atoms. The fourth-order valence-electron chi connectivity index (χ4n) is 2.19. The summed E-state index contributed by atoms with van der Waals surface area (Å²) in [5.74, 6) is 0. The third kappa shape index (κ3) is 1.13. The second-order valence-electron chi connectivity index (χ2n) is 3.95. The van der Waals surface area contributed by atoms with Crippen LogP contribution >= 0.6 is 0 Å². The second kappa shape index (κ2) is 2.74. The van der Waals surface area contributed by atoms with Crippen molar-refractivity contribution in [1.29, 1.82) is 0 Å². The molecular formula is C11H16N2. The maximum Gasteiger partial charge on any atom is 0.0376 e. The van der Waals surface area contributed by atoms with Gasteiger partial charge in [-0.25, -0.2) is 0 Å². The lowest BCUT2D eigenvalue weighted by Crippen LogP contribution is -2.06. The molecule has 2 heteroatoms. The van der Waals surface area contributed by atoms with Crippen LogP contribution in [0.1, 0.15) is 34.7 Å². The van der Waals surface area contributed by atoms with Crippen molar-refractivity contribution in [1.82, 2.24) is 0 Å². The van der Waals surface area contributed by atoms with Crippen molar-refractivity contribution in [2.75, 3.05) is 5.73 Å². The Kier molecular flexibility index (Phi) is 1.81. The molecule has 0 radical (unpaired) electrons. The lowest BCUT2D eigenvalue weighted by atomic mass is 9.98. The Morgan fingerprint density at radius 2 is 2.08 bits per heavy atom. The summed E-state index contributed by atoms with van der Waals surface area (Å²) in [5, 5.41) is 0. The number of hydrogen-bond donors (Lipinski definition) is 2. The molecule has 2 nitrogen and oxygen atoms in total. The summed E-state index contributed by atoms with van der Waals surface area (Å²) in [4.78, 5) is 0. The number of fused-ring (bicyclic) bond motifs is 1. The Morgan fingerprint density at radius 1 is 1.38 bits per heavy atom. The Morgan fingerprint density at radius 3 is 2.77 bits per heavy atom. The van der Waals surface area contributed by atoms with Crippen LogP contribution in [-0.2, 0) is 6.42 Å². The van der Waals surface area contributed by atoms with Gasteiger partial charge in [-0.15, -0.1) is 0 Å². The van der Waals surface area contributed by atoms with Gasteiger partial charge in [0.15, 0.2) is 0 Å². The largest absolute Gasteiger partial charge is 0.398 e. The zero-order valence-corrected chi connectivity index (χ0v) is 8.22. The van der Waals surface area contributed by atoms with Crippen LogP contribution in [0.25, 0.3) is 0 Å². The first-order chi connectivity index (χ1) is 6.11. The monoisotopic (exact) mass is 176 g/mol. The van der Waals surface area contributed by atoms with Crippen molar-refractivity contribution < 1.29 is 0 Å². The lowest BCUT2D eigenvalue weighted by molar-refractivity contribution is 0.713. The fraction of sp³-hybridized carbons (Fsp3) is 0.455. The zero-order chi connectivity index (χ0) is 9.59. The summed E-state index contributed by atoms with van der Waals surface area (Å²) >= 11 is 0. The highest BCUT2D eigenvalue weighted by atomic mass is 14.7. The van der Waals surface area contributed by atoms with E-state index >= 15 is 0 Å². The van der Waals surface area contributed by atoms with Gasteiger partial charge in [0.1, 0.15) is 0 Å². The van der Waals surface area contributed by atoms with Gasteiger partial charge in [0.05, 0.1) is 0 Å². The van der Waals surface area contributed by atoms with Crippen LogP contribution in [0.2, 0.25) is 0 Å². The molecule has 0 heterocycles. The average molecular weight is 176 g/mol. The maximum atomic E-state index is 5.99. The van der Waals surface area contributed by atoms with Crippen molar-refractivity contribution in [2.45, 2.75) is 32.7 Å². The summed E-state index contributed by atoms with van der Waals surface area (Å²) in [6.07, 6.45) is 2.16. The standard InChI is InChI=1S/C11H16N2/c1-6-5-9-8(3-4-10(9)12)7(2)11(6)13/h5,10H,3-4,12-13H2,1-2H3. The van der Waals surface area contributed by atoms with Gasteiger partial charge in [0.2, 0.25) is 0 Å². The molecule has 13 heavy (non-hydrogen) atoms. The summed E-state index contributed by atoms with van der Waals surface area (Å²) in [6, 6.07) is 2.38. The average Bonchev–Trinajstić information content (AvgIpc) is 2.45. The zero-order valence-electron chi connectivity index (χ0n) is 8.22. The van der Waals surface area contributed by atoms with E-state index in [1.807, 2.05) is 6.92 Å². The molecule has 1 aromatic carbocycles. The SMILES string of the molecule is Cc1cc2c(c(C)c1N)CCC2N. The molecule has 0 aromatic heterocycles. The summed E-state index contributed by atoms with van der Waals surface area (Å²) in [6.45, 7) is 4.15. The molecule has 4 N–H and O–H groups in total. The number of nitrogen functional groups attached to an aromatic ring is 1. The van der Waals surface area contributed by atoms with E-state index in [9.17, 15) is 0 Å². The molecule has 1 unspecified atom stereocenters. The van der Waals surface area contributed by atoms with Gasteiger partial charge in [0, 0.05) is 11.7 Å². The minimum Gasteiger partial charge on any atom is -0.398 e. The van der Waals surface area contributed by atoms with Gasteiger partial charge >= 0.3 is 0 Å². The van der Waals surface area contributed by atoms with Crippen LogP contribution < -0.4 is 11.5 Å². The first-order valence-corrected chi connectivity index (χ1v) is 4.75. The van der Waals surface area contributed by atoms with Crippen LogP contribution in [0, 0.1) is 13.8 Å². The third-order valence-electron chi connectivity index (χ3n) is 3.11. The quantitative estimate of drug-likeness (QED) is 0.592. The van der Waals surface area contributed by atoms with Crippen LogP contribution in [-0.4, -0.2) is 0 Å². The fourth-order valence-corrected chi connectivity index (χ4v) is 2.19. The van der Waals surface area contributed by atoms with Crippen LogP contribution in [0.3, 0.4) is 0 Å². The summed E-state index contributed by atoms with van der Waals surface area (Å²) in [5.41, 5.74) is 18.0. The molecule has 0 amide bonds. The van der Waals surface area contributed by atoms with E-state index in [4.69, 9.17) is 11.5 Å². The highest BCUT2D eigenvalue weighted by Gasteiger charge is 2.22. The maximum absolute atomic E-state index is 5.99. The molecule has 0 bridgehead atoms. The van der Waals surface area contributed by atoms with Gasteiger partial charge in [0.25, 0.3) is 0 Å². The number of nitrogens with two attached hydrogens (primary N) is 2. The number of aryl methyl sites for hydroxylation is 1. The molecule has 70 valence electrons. The number of anilines is 1. The number of benzene rings is 1. The predicted molar refractivity (Wildman–Crippen MR) is 55.6 cm³/mol. The number of hydrogen-bond acceptors (Lipinski definition) is 2. The van der Waals surface area contributed by atoms with Crippen molar-refractivity contribution in [3.63, 3.8) is 0 Å². The molecule has 1 atom stereocenters. The van der Waals surface area contributed by atoms with E-state index in [0.717, 1.165) is 24.1 Å². The lowest BCUT2D eigenvalue weighted by Gasteiger charge is -2.12. The minimum absolute atomic E-state index is 0.230.